The van der Waals surface area contributed by atoms with Gasteiger partial charge in [-0.1, -0.05) is 17.7 Å². The lowest BCUT2D eigenvalue weighted by molar-refractivity contribution is -0.184. The molecule has 1 heterocycles. The number of hydrogen-bond donors (Lipinski definition) is 0. The molecule has 0 bridgehead atoms. The number of aryl methyl sites for hydroxylation is 1. The van der Waals surface area contributed by atoms with Crippen LogP contribution in [0.5, 0.6) is 0 Å². The Bertz CT molecular complexity index is 451. The van der Waals surface area contributed by atoms with E-state index < -0.39 is 0 Å². The number of nitrogens with zero attached hydrogens (tertiary/aromatic N) is 1. The summed E-state index contributed by atoms with van der Waals surface area (Å²) in [7, 11) is 3.50. The van der Waals surface area contributed by atoms with Gasteiger partial charge in [-0.3, -0.25) is 0 Å². The number of ether oxygens (including phenoxy) is 2. The summed E-state index contributed by atoms with van der Waals surface area (Å²) in [4.78, 5) is 2.53. The molecule has 0 unspecified atom stereocenters. The normalized spacial score (nSPS) is 21.8. The summed E-state index contributed by atoms with van der Waals surface area (Å²) in [6.45, 7) is 4.51. The van der Waals surface area contributed by atoms with Gasteiger partial charge in [0.2, 0.25) is 0 Å². The van der Waals surface area contributed by atoms with E-state index in [2.05, 4.69) is 36.1 Å². The Labute approximate surface area is 128 Å². The zero-order chi connectivity index (χ0) is 14.9. The van der Waals surface area contributed by atoms with Crippen molar-refractivity contribution in [2.24, 2.45) is 11.3 Å². The molecule has 2 aliphatic rings. The molecular formula is C18H27NO2. The minimum atomic E-state index is -0.00856. The van der Waals surface area contributed by atoms with Gasteiger partial charge in [0.25, 0.3) is 0 Å². The maximum Gasteiger partial charge on any atom is 0.159 e. The molecule has 3 nitrogen and oxygen atoms in total. The van der Waals surface area contributed by atoms with E-state index in [-0.39, 0.29) is 6.29 Å². The fourth-order valence-electron chi connectivity index (χ4n) is 4.13. The van der Waals surface area contributed by atoms with Crippen LogP contribution < -0.4 is 4.90 Å². The molecule has 1 saturated carbocycles. The van der Waals surface area contributed by atoms with Crippen LogP contribution in [0.4, 0.5) is 5.69 Å². The minimum Gasteiger partial charge on any atom is -0.371 e. The minimum absolute atomic E-state index is 0.00856. The Morgan fingerprint density at radius 1 is 1.05 bits per heavy atom. The summed E-state index contributed by atoms with van der Waals surface area (Å²) < 4.78 is 10.8. The molecule has 1 aromatic carbocycles. The van der Waals surface area contributed by atoms with Crippen molar-refractivity contribution in [2.45, 2.75) is 38.9 Å². The van der Waals surface area contributed by atoms with Crippen LogP contribution in [0.15, 0.2) is 24.3 Å². The molecule has 0 aromatic heterocycles. The van der Waals surface area contributed by atoms with E-state index in [9.17, 15) is 0 Å². The topological polar surface area (TPSA) is 21.7 Å². The molecule has 3 heteroatoms. The van der Waals surface area contributed by atoms with Gasteiger partial charge in [-0.2, -0.15) is 0 Å². The van der Waals surface area contributed by atoms with Crippen LogP contribution in [-0.2, 0) is 9.47 Å². The monoisotopic (exact) mass is 289 g/mol. The lowest BCUT2D eigenvalue weighted by atomic mass is 9.57. The molecule has 0 N–H and O–H groups in total. The number of hydrogen-bond acceptors (Lipinski definition) is 3. The summed E-state index contributed by atoms with van der Waals surface area (Å²) in [5.41, 5.74) is 3.26. The molecule has 0 atom stereocenters. The predicted octanol–water partition coefficient (Wildman–Crippen LogP) is 3.61. The molecule has 0 amide bonds. The average Bonchev–Trinajstić information content (AvgIpc) is 2.48. The first-order valence-electron chi connectivity index (χ1n) is 8.03. The molecule has 1 saturated heterocycles. The molecule has 21 heavy (non-hydrogen) atoms. The van der Waals surface area contributed by atoms with Crippen LogP contribution in [0.2, 0.25) is 0 Å². The van der Waals surface area contributed by atoms with E-state index in [0.29, 0.717) is 11.3 Å². The molecule has 116 valence electrons. The van der Waals surface area contributed by atoms with Crippen LogP contribution in [0.25, 0.3) is 0 Å². The van der Waals surface area contributed by atoms with E-state index in [4.69, 9.17) is 9.47 Å². The van der Waals surface area contributed by atoms with Crippen molar-refractivity contribution < 1.29 is 9.47 Å². The van der Waals surface area contributed by atoms with Gasteiger partial charge < -0.3 is 14.4 Å². The largest absolute Gasteiger partial charge is 0.371 e. The second kappa shape index (κ2) is 5.98. The standard InChI is InChI=1S/C18H27NO2/c1-14-4-6-16(7-5-14)19-10-8-18(9-11-19)12-15(13-18)17(20-2)21-3/h4-7,15,17H,8-13H2,1-3H3. The fourth-order valence-corrected chi connectivity index (χ4v) is 4.13. The number of rotatable bonds is 4. The van der Waals surface area contributed by atoms with Gasteiger partial charge in [-0.15, -0.1) is 0 Å². The van der Waals surface area contributed by atoms with Crippen LogP contribution in [0.1, 0.15) is 31.2 Å². The molecular weight excluding hydrogens is 262 g/mol. The zero-order valence-electron chi connectivity index (χ0n) is 13.5. The lowest BCUT2D eigenvalue weighted by Gasteiger charge is -2.54. The SMILES string of the molecule is COC(OC)C1CC2(CCN(c3ccc(C)cc3)CC2)C1. The molecule has 0 radical (unpaired) electrons. The maximum absolute atomic E-state index is 5.41. The number of anilines is 1. The Morgan fingerprint density at radius 3 is 2.14 bits per heavy atom. The van der Waals surface area contributed by atoms with Gasteiger partial charge in [-0.05, 0) is 50.2 Å². The molecule has 1 aliphatic carbocycles. The summed E-state index contributed by atoms with van der Waals surface area (Å²) >= 11 is 0. The first-order valence-corrected chi connectivity index (χ1v) is 8.03. The van der Waals surface area contributed by atoms with E-state index >= 15 is 0 Å². The highest BCUT2D eigenvalue weighted by Gasteiger charge is 2.48. The highest BCUT2D eigenvalue weighted by molar-refractivity contribution is 5.48. The zero-order valence-corrected chi connectivity index (χ0v) is 13.5. The van der Waals surface area contributed by atoms with Crippen molar-refractivity contribution >= 4 is 5.69 Å². The van der Waals surface area contributed by atoms with E-state index in [0.717, 1.165) is 0 Å². The smallest absolute Gasteiger partial charge is 0.159 e. The molecule has 3 rings (SSSR count). The molecule has 1 spiro atoms. The number of benzene rings is 1. The summed E-state index contributed by atoms with van der Waals surface area (Å²) in [5.74, 6) is 0.589. The van der Waals surface area contributed by atoms with Crippen molar-refractivity contribution in [2.75, 3.05) is 32.2 Å². The van der Waals surface area contributed by atoms with Crippen molar-refractivity contribution in [1.29, 1.82) is 0 Å². The Balaban J connectivity index is 1.53. The Hall–Kier alpha value is -1.06. The Kier molecular flexibility index (Phi) is 4.23. The fraction of sp³-hybridized carbons (Fsp3) is 0.667. The van der Waals surface area contributed by atoms with Crippen molar-refractivity contribution in [3.8, 4) is 0 Å². The highest BCUT2D eigenvalue weighted by Crippen LogP contribution is 2.54. The van der Waals surface area contributed by atoms with Crippen molar-refractivity contribution in [3.63, 3.8) is 0 Å². The Morgan fingerprint density at radius 2 is 1.62 bits per heavy atom. The molecule has 1 aliphatic heterocycles. The first kappa shape index (κ1) is 14.9. The quantitative estimate of drug-likeness (QED) is 0.790. The van der Waals surface area contributed by atoms with Crippen LogP contribution in [0.3, 0.4) is 0 Å². The third-order valence-electron chi connectivity index (χ3n) is 5.46. The first-order chi connectivity index (χ1) is 10.2. The van der Waals surface area contributed by atoms with Crippen molar-refractivity contribution in [3.05, 3.63) is 29.8 Å². The highest BCUT2D eigenvalue weighted by atomic mass is 16.7. The van der Waals surface area contributed by atoms with E-state index in [1.165, 1.54) is 50.0 Å². The van der Waals surface area contributed by atoms with Crippen LogP contribution in [-0.4, -0.2) is 33.6 Å². The molecule has 1 aromatic rings. The van der Waals surface area contributed by atoms with Crippen LogP contribution in [0, 0.1) is 18.3 Å². The van der Waals surface area contributed by atoms with Gasteiger partial charge >= 0.3 is 0 Å². The number of methoxy groups -OCH3 is 2. The van der Waals surface area contributed by atoms with Gasteiger partial charge in [0.1, 0.15) is 0 Å². The summed E-state index contributed by atoms with van der Waals surface area (Å²) in [6.07, 6.45) is 5.13. The van der Waals surface area contributed by atoms with Crippen LogP contribution >= 0.6 is 0 Å². The van der Waals surface area contributed by atoms with Gasteiger partial charge in [0, 0.05) is 38.9 Å². The predicted molar refractivity (Wildman–Crippen MR) is 85.6 cm³/mol. The van der Waals surface area contributed by atoms with Gasteiger partial charge in [0.15, 0.2) is 6.29 Å². The van der Waals surface area contributed by atoms with E-state index in [1.807, 2.05) is 0 Å². The average molecular weight is 289 g/mol. The van der Waals surface area contributed by atoms with Gasteiger partial charge in [-0.25, -0.2) is 0 Å². The van der Waals surface area contributed by atoms with Crippen molar-refractivity contribution in [1.82, 2.24) is 0 Å². The van der Waals surface area contributed by atoms with Gasteiger partial charge in [0.05, 0.1) is 0 Å². The third kappa shape index (κ3) is 2.95. The number of piperidine rings is 1. The summed E-state index contributed by atoms with van der Waals surface area (Å²) in [6, 6.07) is 8.92. The lowest BCUT2D eigenvalue weighted by Crippen LogP contribution is -2.50. The third-order valence-corrected chi connectivity index (χ3v) is 5.46. The maximum atomic E-state index is 5.41. The summed E-state index contributed by atoms with van der Waals surface area (Å²) in [5, 5.41) is 0. The second-order valence-corrected chi connectivity index (χ2v) is 6.83. The van der Waals surface area contributed by atoms with E-state index in [1.54, 1.807) is 14.2 Å². The second-order valence-electron chi connectivity index (χ2n) is 6.83. The molecule has 2 fully saturated rings.